The highest BCUT2D eigenvalue weighted by Crippen LogP contribution is 2.26. The minimum Gasteiger partial charge on any atom is -0.396 e. The average molecular weight is 338 g/mol. The molecule has 5 nitrogen and oxygen atoms in total. The van der Waals surface area contributed by atoms with E-state index in [9.17, 15) is 9.59 Å². The van der Waals surface area contributed by atoms with Crippen LogP contribution in [-0.2, 0) is 4.79 Å². The van der Waals surface area contributed by atoms with Crippen molar-refractivity contribution in [2.24, 2.45) is 5.92 Å². The van der Waals surface area contributed by atoms with E-state index < -0.39 is 0 Å². The molecule has 1 saturated carbocycles. The van der Waals surface area contributed by atoms with Gasteiger partial charge in [0.05, 0.1) is 4.88 Å². The van der Waals surface area contributed by atoms with Crippen molar-refractivity contribution in [3.8, 4) is 0 Å². The SMILES string of the molecule is CN(C(=O)CCCNC(=O)c1cccs1)C1CCC(CO)CC1. The first-order valence-corrected chi connectivity index (χ1v) is 9.18. The fraction of sp³-hybridized carbons (Fsp3) is 0.647. The quantitative estimate of drug-likeness (QED) is 0.749. The molecule has 0 atom stereocenters. The lowest BCUT2D eigenvalue weighted by Crippen LogP contribution is -2.40. The van der Waals surface area contributed by atoms with E-state index in [1.807, 2.05) is 23.4 Å². The molecule has 6 heteroatoms. The van der Waals surface area contributed by atoms with Crippen LogP contribution in [0.1, 0.15) is 48.2 Å². The highest BCUT2D eigenvalue weighted by molar-refractivity contribution is 7.12. The Labute approximate surface area is 141 Å². The van der Waals surface area contributed by atoms with E-state index in [1.54, 1.807) is 6.07 Å². The van der Waals surface area contributed by atoms with Gasteiger partial charge >= 0.3 is 0 Å². The maximum atomic E-state index is 12.2. The van der Waals surface area contributed by atoms with E-state index in [0.29, 0.717) is 36.2 Å². The second-order valence-corrected chi connectivity index (χ2v) is 7.15. The molecule has 1 aliphatic carbocycles. The third kappa shape index (κ3) is 5.32. The lowest BCUT2D eigenvalue weighted by Gasteiger charge is -2.34. The molecule has 1 fully saturated rings. The van der Waals surface area contributed by atoms with Crippen molar-refractivity contribution in [1.82, 2.24) is 10.2 Å². The number of carbonyl (C=O) groups is 2. The highest BCUT2D eigenvalue weighted by Gasteiger charge is 2.25. The Morgan fingerprint density at radius 1 is 1.35 bits per heavy atom. The summed E-state index contributed by atoms with van der Waals surface area (Å²) >= 11 is 1.42. The van der Waals surface area contributed by atoms with Gasteiger partial charge in [0.15, 0.2) is 0 Å². The first-order valence-electron chi connectivity index (χ1n) is 8.30. The van der Waals surface area contributed by atoms with Gasteiger partial charge in [0.1, 0.15) is 0 Å². The molecular weight excluding hydrogens is 312 g/mol. The van der Waals surface area contributed by atoms with Crippen LogP contribution < -0.4 is 5.32 Å². The monoisotopic (exact) mass is 338 g/mol. The fourth-order valence-electron chi connectivity index (χ4n) is 3.03. The molecule has 0 aromatic carbocycles. The van der Waals surface area contributed by atoms with Gasteiger partial charge in [-0.3, -0.25) is 9.59 Å². The summed E-state index contributed by atoms with van der Waals surface area (Å²) < 4.78 is 0. The Bertz CT molecular complexity index is 496. The molecular formula is C17H26N2O3S. The van der Waals surface area contributed by atoms with E-state index in [2.05, 4.69) is 5.32 Å². The second kappa shape index (κ2) is 9.03. The zero-order chi connectivity index (χ0) is 16.7. The smallest absolute Gasteiger partial charge is 0.261 e. The first kappa shape index (κ1) is 17.9. The van der Waals surface area contributed by atoms with Crippen molar-refractivity contribution in [3.63, 3.8) is 0 Å². The molecule has 128 valence electrons. The highest BCUT2D eigenvalue weighted by atomic mass is 32.1. The minimum absolute atomic E-state index is 0.0665. The summed E-state index contributed by atoms with van der Waals surface area (Å²) in [5.41, 5.74) is 0. The number of hydrogen-bond donors (Lipinski definition) is 2. The van der Waals surface area contributed by atoms with Gasteiger partial charge in [-0.2, -0.15) is 0 Å². The van der Waals surface area contributed by atoms with Crippen molar-refractivity contribution >= 4 is 23.2 Å². The van der Waals surface area contributed by atoms with Gasteiger partial charge < -0.3 is 15.3 Å². The van der Waals surface area contributed by atoms with E-state index in [0.717, 1.165) is 25.7 Å². The number of thiophene rings is 1. The topological polar surface area (TPSA) is 69.6 Å². The van der Waals surface area contributed by atoms with Crippen molar-refractivity contribution in [2.45, 2.75) is 44.6 Å². The Kier molecular flexibility index (Phi) is 7.05. The summed E-state index contributed by atoms with van der Waals surface area (Å²) in [7, 11) is 1.87. The Morgan fingerprint density at radius 3 is 2.70 bits per heavy atom. The number of carbonyl (C=O) groups excluding carboxylic acids is 2. The Morgan fingerprint density at radius 2 is 2.09 bits per heavy atom. The number of aliphatic hydroxyl groups excluding tert-OH is 1. The van der Waals surface area contributed by atoms with Crippen LogP contribution in [0.15, 0.2) is 17.5 Å². The molecule has 2 amide bonds. The normalized spacial score (nSPS) is 21.0. The zero-order valence-electron chi connectivity index (χ0n) is 13.7. The summed E-state index contributed by atoms with van der Waals surface area (Å²) in [6, 6.07) is 3.94. The van der Waals surface area contributed by atoms with E-state index >= 15 is 0 Å². The number of rotatable bonds is 7. The van der Waals surface area contributed by atoms with Crippen LogP contribution in [0.3, 0.4) is 0 Å². The third-order valence-electron chi connectivity index (χ3n) is 4.61. The predicted octanol–water partition coefficient (Wildman–Crippen LogP) is 2.27. The fourth-order valence-corrected chi connectivity index (χ4v) is 3.67. The number of aliphatic hydroxyl groups is 1. The summed E-state index contributed by atoms with van der Waals surface area (Å²) in [6.07, 6.45) is 5.06. The molecule has 23 heavy (non-hydrogen) atoms. The first-order chi connectivity index (χ1) is 11.1. The van der Waals surface area contributed by atoms with Crippen LogP contribution in [-0.4, -0.2) is 48.1 Å². The Hall–Kier alpha value is -1.40. The molecule has 0 saturated heterocycles. The number of nitrogens with one attached hydrogen (secondary N) is 1. The molecule has 1 aliphatic rings. The zero-order valence-corrected chi connectivity index (χ0v) is 14.5. The van der Waals surface area contributed by atoms with Crippen molar-refractivity contribution in [3.05, 3.63) is 22.4 Å². The van der Waals surface area contributed by atoms with Gasteiger partial charge in [0, 0.05) is 32.7 Å². The van der Waals surface area contributed by atoms with Crippen molar-refractivity contribution in [1.29, 1.82) is 0 Å². The average Bonchev–Trinajstić information content (AvgIpc) is 3.12. The van der Waals surface area contributed by atoms with Crippen molar-refractivity contribution in [2.75, 3.05) is 20.2 Å². The molecule has 2 rings (SSSR count). The molecule has 2 N–H and O–H groups in total. The number of nitrogens with zero attached hydrogens (tertiary/aromatic N) is 1. The van der Waals surface area contributed by atoms with E-state index in [1.165, 1.54) is 11.3 Å². The molecule has 0 aliphatic heterocycles. The molecule has 1 aromatic rings. The lowest BCUT2D eigenvalue weighted by atomic mass is 9.86. The predicted molar refractivity (Wildman–Crippen MR) is 91.5 cm³/mol. The van der Waals surface area contributed by atoms with Gasteiger partial charge in [0.25, 0.3) is 5.91 Å². The molecule has 0 bridgehead atoms. The maximum absolute atomic E-state index is 12.2. The van der Waals surface area contributed by atoms with Gasteiger partial charge in [-0.1, -0.05) is 6.07 Å². The van der Waals surface area contributed by atoms with Gasteiger partial charge in [-0.05, 0) is 49.5 Å². The molecule has 1 heterocycles. The molecule has 1 aromatic heterocycles. The van der Waals surface area contributed by atoms with Crippen LogP contribution in [0.2, 0.25) is 0 Å². The standard InChI is InChI=1S/C17H26N2O3S/c1-19(14-8-6-13(12-20)7-9-14)16(21)5-2-10-18-17(22)15-4-3-11-23-15/h3-4,11,13-14,20H,2,5-10,12H2,1H3,(H,18,22). The molecule has 0 unspecified atom stereocenters. The molecule has 0 spiro atoms. The summed E-state index contributed by atoms with van der Waals surface area (Å²) in [4.78, 5) is 26.6. The Balaban J connectivity index is 1.63. The van der Waals surface area contributed by atoms with E-state index in [4.69, 9.17) is 5.11 Å². The number of amides is 2. The lowest BCUT2D eigenvalue weighted by molar-refractivity contribution is -0.132. The third-order valence-corrected chi connectivity index (χ3v) is 5.48. The summed E-state index contributed by atoms with van der Waals surface area (Å²) in [5, 5.41) is 13.9. The van der Waals surface area contributed by atoms with Crippen LogP contribution in [0.25, 0.3) is 0 Å². The summed E-state index contributed by atoms with van der Waals surface area (Å²) in [6.45, 7) is 0.780. The second-order valence-electron chi connectivity index (χ2n) is 6.20. The van der Waals surface area contributed by atoms with Crippen LogP contribution in [0.4, 0.5) is 0 Å². The van der Waals surface area contributed by atoms with Crippen molar-refractivity contribution < 1.29 is 14.7 Å². The largest absolute Gasteiger partial charge is 0.396 e. The van der Waals surface area contributed by atoms with Gasteiger partial charge in [-0.25, -0.2) is 0 Å². The van der Waals surface area contributed by atoms with Gasteiger partial charge in [-0.15, -0.1) is 11.3 Å². The maximum Gasteiger partial charge on any atom is 0.261 e. The van der Waals surface area contributed by atoms with E-state index in [-0.39, 0.29) is 18.4 Å². The van der Waals surface area contributed by atoms with Crippen LogP contribution in [0.5, 0.6) is 0 Å². The molecule has 0 radical (unpaired) electrons. The number of hydrogen-bond acceptors (Lipinski definition) is 4. The van der Waals surface area contributed by atoms with Gasteiger partial charge in [0.2, 0.25) is 5.91 Å². The summed E-state index contributed by atoms with van der Waals surface area (Å²) in [5.74, 6) is 0.480. The van der Waals surface area contributed by atoms with Crippen LogP contribution in [0, 0.1) is 5.92 Å². The minimum atomic E-state index is -0.0665. The van der Waals surface area contributed by atoms with Crippen LogP contribution >= 0.6 is 11.3 Å².